The second-order valence-corrected chi connectivity index (χ2v) is 7.79. The molecule has 0 amide bonds. The van der Waals surface area contributed by atoms with E-state index in [9.17, 15) is 18.4 Å². The maximum absolute atomic E-state index is 13.0. The first-order valence-electron chi connectivity index (χ1n) is 10.3. The van der Waals surface area contributed by atoms with E-state index in [2.05, 4.69) is 26.0 Å². The number of alkyl halides is 3. The molecule has 0 saturated carbocycles. The van der Waals surface area contributed by atoms with E-state index in [0.29, 0.717) is 18.0 Å². The van der Waals surface area contributed by atoms with Crippen LogP contribution in [0.2, 0.25) is 0 Å². The summed E-state index contributed by atoms with van der Waals surface area (Å²) in [5, 5.41) is 13.2. The molecule has 32 heavy (non-hydrogen) atoms. The molecular weight excluding hydrogens is 419 g/mol. The largest absolute Gasteiger partial charge is 0.416 e. The zero-order chi connectivity index (χ0) is 22.7. The minimum Gasteiger partial charge on any atom is -0.337 e. The summed E-state index contributed by atoms with van der Waals surface area (Å²) >= 11 is 0. The normalized spacial score (nSPS) is 16.6. The Balaban J connectivity index is 1.39. The molecule has 0 aliphatic carbocycles. The van der Waals surface area contributed by atoms with Gasteiger partial charge in [-0.25, -0.2) is 0 Å². The zero-order valence-electron chi connectivity index (χ0n) is 17.5. The zero-order valence-corrected chi connectivity index (χ0v) is 17.5. The van der Waals surface area contributed by atoms with E-state index in [1.54, 1.807) is 0 Å². The van der Waals surface area contributed by atoms with Crippen LogP contribution in [-0.4, -0.2) is 46.1 Å². The van der Waals surface area contributed by atoms with Gasteiger partial charge in [0.15, 0.2) is 0 Å². The number of hydrogen-bond donors (Lipinski definition) is 0. The van der Waals surface area contributed by atoms with Crippen molar-refractivity contribution in [3.63, 3.8) is 0 Å². The molecule has 1 fully saturated rings. The molecule has 2 heterocycles. The van der Waals surface area contributed by atoms with Gasteiger partial charge in [0.05, 0.1) is 23.2 Å². The van der Waals surface area contributed by atoms with Crippen LogP contribution < -0.4 is 0 Å². The van der Waals surface area contributed by atoms with Crippen LogP contribution in [0.5, 0.6) is 0 Å². The molecule has 1 aliphatic heterocycles. The van der Waals surface area contributed by atoms with E-state index in [-0.39, 0.29) is 17.4 Å². The molecule has 166 valence electrons. The van der Waals surface area contributed by atoms with Crippen molar-refractivity contribution >= 4 is 0 Å². The van der Waals surface area contributed by atoms with Crippen LogP contribution in [0.1, 0.15) is 35.5 Å². The molecule has 0 bridgehead atoms. The van der Waals surface area contributed by atoms with E-state index < -0.39 is 11.7 Å². The van der Waals surface area contributed by atoms with Gasteiger partial charge in [-0.05, 0) is 30.7 Å². The molecule has 1 saturated heterocycles. The number of halogens is 3. The Labute approximate surface area is 183 Å². The monoisotopic (exact) mass is 441 g/mol. The first kappa shape index (κ1) is 22.0. The molecule has 0 radical (unpaired) electrons. The van der Waals surface area contributed by atoms with Gasteiger partial charge in [0.2, 0.25) is 11.7 Å². The average Bonchev–Trinajstić information content (AvgIpc) is 3.29. The van der Waals surface area contributed by atoms with Crippen molar-refractivity contribution in [2.24, 2.45) is 0 Å². The SMILES string of the molecule is C[C@H](c1nc(-c2cccc(C(F)(F)F)c2)no1)N1CCN(Cc2ccccc2C#N)CC1. The Hall–Kier alpha value is -3.22. The van der Waals surface area contributed by atoms with Crippen LogP contribution in [0.4, 0.5) is 13.2 Å². The Kier molecular flexibility index (Phi) is 6.26. The third-order valence-corrected chi connectivity index (χ3v) is 5.73. The van der Waals surface area contributed by atoms with Gasteiger partial charge < -0.3 is 4.52 Å². The number of nitriles is 1. The van der Waals surface area contributed by atoms with Crippen molar-refractivity contribution in [3.8, 4) is 17.5 Å². The van der Waals surface area contributed by atoms with Crippen LogP contribution in [-0.2, 0) is 12.7 Å². The Bertz CT molecular complexity index is 1110. The van der Waals surface area contributed by atoms with Gasteiger partial charge in [-0.3, -0.25) is 9.80 Å². The van der Waals surface area contributed by atoms with E-state index >= 15 is 0 Å². The highest BCUT2D eigenvalue weighted by Crippen LogP contribution is 2.32. The van der Waals surface area contributed by atoms with E-state index in [4.69, 9.17) is 4.52 Å². The van der Waals surface area contributed by atoms with Crippen LogP contribution >= 0.6 is 0 Å². The van der Waals surface area contributed by atoms with Gasteiger partial charge in [0, 0.05) is 38.3 Å². The number of benzene rings is 2. The first-order valence-corrected chi connectivity index (χ1v) is 10.3. The predicted molar refractivity (Wildman–Crippen MR) is 111 cm³/mol. The molecule has 6 nitrogen and oxygen atoms in total. The fraction of sp³-hybridized carbons (Fsp3) is 0.348. The second-order valence-electron chi connectivity index (χ2n) is 7.79. The highest BCUT2D eigenvalue weighted by molar-refractivity contribution is 5.55. The van der Waals surface area contributed by atoms with Crippen molar-refractivity contribution in [2.75, 3.05) is 26.2 Å². The lowest BCUT2D eigenvalue weighted by molar-refractivity contribution is -0.137. The number of piperazine rings is 1. The van der Waals surface area contributed by atoms with E-state index in [0.717, 1.165) is 43.9 Å². The highest BCUT2D eigenvalue weighted by atomic mass is 19.4. The predicted octanol–water partition coefficient (Wildman–Crippen LogP) is 4.51. The molecule has 0 spiro atoms. The van der Waals surface area contributed by atoms with Crippen LogP contribution in [0.3, 0.4) is 0 Å². The standard InChI is InChI=1S/C23H22F3N5O/c1-16(22-28-21(29-32-22)17-7-4-8-20(13-17)23(24,25)26)31-11-9-30(10-12-31)15-19-6-3-2-5-18(19)14-27/h2-8,13,16H,9-12,15H2,1H3/t16-/m1/s1. The van der Waals surface area contributed by atoms with E-state index in [1.165, 1.54) is 12.1 Å². The summed E-state index contributed by atoms with van der Waals surface area (Å²) in [5.41, 5.74) is 1.22. The summed E-state index contributed by atoms with van der Waals surface area (Å²) in [6.07, 6.45) is -4.43. The van der Waals surface area contributed by atoms with Gasteiger partial charge >= 0.3 is 6.18 Å². The molecule has 3 aromatic rings. The highest BCUT2D eigenvalue weighted by Gasteiger charge is 2.31. The summed E-state index contributed by atoms with van der Waals surface area (Å²) in [5.74, 6) is 0.519. The van der Waals surface area contributed by atoms with Crippen LogP contribution in [0.15, 0.2) is 53.1 Å². The third-order valence-electron chi connectivity index (χ3n) is 5.73. The van der Waals surface area contributed by atoms with Gasteiger partial charge in [-0.2, -0.15) is 23.4 Å². The van der Waals surface area contributed by atoms with Crippen molar-refractivity contribution in [2.45, 2.75) is 25.7 Å². The van der Waals surface area contributed by atoms with Gasteiger partial charge in [-0.15, -0.1) is 0 Å². The minimum absolute atomic E-state index is 0.143. The molecule has 2 aromatic carbocycles. The molecule has 1 atom stereocenters. The maximum Gasteiger partial charge on any atom is 0.416 e. The summed E-state index contributed by atoms with van der Waals surface area (Å²) in [7, 11) is 0. The Morgan fingerprint density at radius 1 is 1.09 bits per heavy atom. The second kappa shape index (κ2) is 9.10. The van der Waals surface area contributed by atoms with Gasteiger partial charge in [-0.1, -0.05) is 35.5 Å². The molecule has 4 rings (SSSR count). The number of hydrogen-bond acceptors (Lipinski definition) is 6. The molecular formula is C23H22F3N5O. The number of nitrogens with zero attached hydrogens (tertiary/aromatic N) is 5. The lowest BCUT2D eigenvalue weighted by Crippen LogP contribution is -2.46. The Morgan fingerprint density at radius 3 is 2.56 bits per heavy atom. The Morgan fingerprint density at radius 2 is 1.84 bits per heavy atom. The molecule has 9 heteroatoms. The smallest absolute Gasteiger partial charge is 0.337 e. The van der Waals surface area contributed by atoms with Gasteiger partial charge in [0.1, 0.15) is 0 Å². The van der Waals surface area contributed by atoms with Crippen molar-refractivity contribution in [1.82, 2.24) is 19.9 Å². The summed E-state index contributed by atoms with van der Waals surface area (Å²) in [6, 6.07) is 14.6. The summed E-state index contributed by atoms with van der Waals surface area (Å²) < 4.78 is 44.3. The lowest BCUT2D eigenvalue weighted by Gasteiger charge is -2.36. The van der Waals surface area contributed by atoms with E-state index in [1.807, 2.05) is 31.2 Å². The lowest BCUT2D eigenvalue weighted by atomic mass is 10.1. The number of aromatic nitrogens is 2. The fourth-order valence-electron chi connectivity index (χ4n) is 3.83. The molecule has 0 N–H and O–H groups in total. The van der Waals surface area contributed by atoms with Crippen LogP contribution in [0.25, 0.3) is 11.4 Å². The third kappa shape index (κ3) is 4.82. The van der Waals surface area contributed by atoms with Crippen molar-refractivity contribution in [1.29, 1.82) is 5.26 Å². The summed E-state index contributed by atoms with van der Waals surface area (Å²) in [6.45, 7) is 5.85. The fourth-order valence-corrected chi connectivity index (χ4v) is 3.83. The van der Waals surface area contributed by atoms with Crippen molar-refractivity contribution in [3.05, 3.63) is 71.1 Å². The van der Waals surface area contributed by atoms with Gasteiger partial charge in [0.25, 0.3) is 0 Å². The molecule has 1 aliphatic rings. The minimum atomic E-state index is -4.43. The molecule has 1 aromatic heterocycles. The van der Waals surface area contributed by atoms with Crippen LogP contribution in [0, 0.1) is 11.3 Å². The summed E-state index contributed by atoms with van der Waals surface area (Å²) in [4.78, 5) is 8.85. The maximum atomic E-state index is 13.0. The topological polar surface area (TPSA) is 69.2 Å². The average molecular weight is 441 g/mol. The number of rotatable bonds is 5. The van der Waals surface area contributed by atoms with Crippen molar-refractivity contribution < 1.29 is 17.7 Å². The first-order chi connectivity index (χ1) is 15.3. The quantitative estimate of drug-likeness (QED) is 0.581. The molecule has 0 unspecified atom stereocenters.